The molecule has 0 saturated carbocycles. The van der Waals surface area contributed by atoms with Crippen molar-refractivity contribution in [3.05, 3.63) is 0 Å². The molecule has 3 aliphatic heterocycles. The monoisotopic (exact) mass is 418 g/mol. The summed E-state index contributed by atoms with van der Waals surface area (Å²) in [6, 6.07) is 0.541. The molecule has 0 spiro atoms. The number of nitrogens with two attached hydrogens (primary N) is 4. The van der Waals surface area contributed by atoms with Gasteiger partial charge in [-0.1, -0.05) is 6.92 Å². The van der Waals surface area contributed by atoms with Crippen LogP contribution in [0.3, 0.4) is 0 Å². The molecule has 30 heavy (non-hydrogen) atoms. The average Bonchev–Trinajstić information content (AvgIpc) is 2.72. The molecule has 168 valence electrons. The fourth-order valence-electron chi connectivity index (χ4n) is 5.13. The van der Waals surface area contributed by atoms with Crippen LogP contribution in [0.2, 0.25) is 0 Å². The molecule has 5 atom stereocenters. The molecule has 1 aromatic heterocycles. The first-order valence-corrected chi connectivity index (χ1v) is 11.5. The van der Waals surface area contributed by atoms with Crippen LogP contribution >= 0.6 is 0 Å². The lowest BCUT2D eigenvalue weighted by atomic mass is 10.0. The van der Waals surface area contributed by atoms with Crippen LogP contribution in [0.4, 0.5) is 17.8 Å². The smallest absolute Gasteiger partial charge is 0.232 e. The van der Waals surface area contributed by atoms with Crippen molar-refractivity contribution in [2.75, 3.05) is 47.4 Å². The van der Waals surface area contributed by atoms with Crippen LogP contribution in [0.25, 0.3) is 0 Å². The van der Waals surface area contributed by atoms with E-state index in [1.807, 2.05) is 0 Å². The van der Waals surface area contributed by atoms with Crippen molar-refractivity contribution in [2.24, 2.45) is 22.9 Å². The van der Waals surface area contributed by atoms with Crippen molar-refractivity contribution >= 4 is 17.8 Å². The van der Waals surface area contributed by atoms with Gasteiger partial charge in [0.2, 0.25) is 17.8 Å². The predicted molar refractivity (Wildman–Crippen MR) is 121 cm³/mol. The van der Waals surface area contributed by atoms with E-state index in [1.165, 1.54) is 12.8 Å². The van der Waals surface area contributed by atoms with Crippen LogP contribution in [0.1, 0.15) is 45.4 Å². The zero-order valence-corrected chi connectivity index (χ0v) is 18.2. The summed E-state index contributed by atoms with van der Waals surface area (Å²) in [6.45, 7) is 6.01. The molecule has 0 aromatic carbocycles. The van der Waals surface area contributed by atoms with Crippen LogP contribution in [-0.4, -0.2) is 77.9 Å². The summed E-state index contributed by atoms with van der Waals surface area (Å²) in [6.07, 6.45) is 6.31. The van der Waals surface area contributed by atoms with E-state index in [4.69, 9.17) is 37.9 Å². The van der Waals surface area contributed by atoms with E-state index in [0.29, 0.717) is 44.1 Å². The number of anilines is 3. The first-order chi connectivity index (χ1) is 14.4. The average molecular weight is 419 g/mol. The zero-order valence-electron chi connectivity index (χ0n) is 18.2. The van der Waals surface area contributed by atoms with E-state index in [0.717, 1.165) is 38.2 Å². The van der Waals surface area contributed by atoms with Crippen molar-refractivity contribution in [1.29, 1.82) is 0 Å². The molecule has 4 heterocycles. The van der Waals surface area contributed by atoms with Gasteiger partial charge in [-0.15, -0.1) is 0 Å². The van der Waals surface area contributed by atoms with Crippen molar-refractivity contribution in [2.45, 2.75) is 75.7 Å². The van der Waals surface area contributed by atoms with Crippen molar-refractivity contribution in [1.82, 2.24) is 15.0 Å². The highest BCUT2D eigenvalue weighted by molar-refractivity contribution is 5.48. The summed E-state index contributed by atoms with van der Waals surface area (Å²) in [4.78, 5) is 21.2. The maximum absolute atomic E-state index is 6.25. The third kappa shape index (κ3) is 4.77. The van der Waals surface area contributed by atoms with Crippen molar-refractivity contribution in [3.8, 4) is 0 Å². The van der Waals surface area contributed by atoms with E-state index in [-0.39, 0.29) is 24.2 Å². The summed E-state index contributed by atoms with van der Waals surface area (Å²) in [5.74, 6) is 2.07. The van der Waals surface area contributed by atoms with Gasteiger partial charge < -0.3 is 37.6 Å². The Morgan fingerprint density at radius 1 is 0.733 bits per heavy atom. The maximum atomic E-state index is 6.25. The molecular formula is C20H38N10. The molecule has 5 unspecified atom stereocenters. The molecule has 0 amide bonds. The second-order valence-electron chi connectivity index (χ2n) is 9.31. The lowest BCUT2D eigenvalue weighted by molar-refractivity contribution is 0.432. The highest BCUT2D eigenvalue weighted by atomic mass is 15.4. The van der Waals surface area contributed by atoms with Gasteiger partial charge in [0.25, 0.3) is 0 Å². The molecule has 1 aromatic rings. The summed E-state index contributed by atoms with van der Waals surface area (Å²) >= 11 is 0. The van der Waals surface area contributed by atoms with E-state index in [1.54, 1.807) is 0 Å². The minimum atomic E-state index is 0.0209. The number of nitrogens with zero attached hydrogens (tertiary/aromatic N) is 6. The Bertz CT molecular complexity index is 651. The van der Waals surface area contributed by atoms with E-state index >= 15 is 0 Å². The Morgan fingerprint density at radius 3 is 1.67 bits per heavy atom. The molecule has 3 aliphatic rings. The molecule has 10 nitrogen and oxygen atoms in total. The van der Waals surface area contributed by atoms with Gasteiger partial charge in [0.1, 0.15) is 0 Å². The van der Waals surface area contributed by atoms with Crippen LogP contribution in [0, 0.1) is 0 Å². The molecular weight excluding hydrogens is 380 g/mol. The lowest BCUT2D eigenvalue weighted by Gasteiger charge is -2.39. The van der Waals surface area contributed by atoms with Gasteiger partial charge >= 0.3 is 0 Å². The molecule has 10 heteroatoms. The molecule has 0 bridgehead atoms. The Morgan fingerprint density at radius 2 is 1.20 bits per heavy atom. The normalized spacial score (nSPS) is 33.1. The Kier molecular flexibility index (Phi) is 6.57. The molecule has 8 N–H and O–H groups in total. The highest BCUT2D eigenvalue weighted by Gasteiger charge is 2.31. The van der Waals surface area contributed by atoms with Crippen molar-refractivity contribution in [3.63, 3.8) is 0 Å². The van der Waals surface area contributed by atoms with Gasteiger partial charge in [0.05, 0.1) is 0 Å². The second kappa shape index (κ2) is 9.17. The van der Waals surface area contributed by atoms with Gasteiger partial charge in [0.15, 0.2) is 0 Å². The zero-order chi connectivity index (χ0) is 21.3. The first kappa shape index (κ1) is 21.5. The highest BCUT2D eigenvalue weighted by Crippen LogP contribution is 2.28. The molecule has 4 rings (SSSR count). The molecule has 3 saturated heterocycles. The quantitative estimate of drug-likeness (QED) is 0.497. The van der Waals surface area contributed by atoms with Gasteiger partial charge in [-0.25, -0.2) is 0 Å². The lowest BCUT2D eigenvalue weighted by Crippen LogP contribution is -2.54. The minimum Gasteiger partial charge on any atom is -0.338 e. The predicted octanol–water partition coefficient (Wildman–Crippen LogP) is -0.630. The third-order valence-electron chi connectivity index (χ3n) is 6.55. The fraction of sp³-hybridized carbons (Fsp3) is 0.850. The minimum absolute atomic E-state index is 0.0209. The number of aromatic nitrogens is 3. The number of hydrogen-bond donors (Lipinski definition) is 4. The van der Waals surface area contributed by atoms with Gasteiger partial charge in [-0.3, -0.25) is 0 Å². The summed E-state index contributed by atoms with van der Waals surface area (Å²) in [5.41, 5.74) is 25.0. The standard InChI is InChI=1S/C20H38N10/c1-2-17-5-3-4-6-30(17)20-26-18(28-9-13(21)7-14(22)10-28)25-19(27-20)29-11-15(23)8-16(24)12-29/h13-17H,2-12,21-24H2,1H3. The second-order valence-corrected chi connectivity index (χ2v) is 9.31. The fourth-order valence-corrected chi connectivity index (χ4v) is 5.13. The molecule has 0 aliphatic carbocycles. The summed E-state index contributed by atoms with van der Waals surface area (Å²) in [5, 5.41) is 0. The number of rotatable bonds is 4. The van der Waals surface area contributed by atoms with Crippen LogP contribution in [-0.2, 0) is 0 Å². The van der Waals surface area contributed by atoms with Crippen LogP contribution in [0.5, 0.6) is 0 Å². The van der Waals surface area contributed by atoms with E-state index in [9.17, 15) is 0 Å². The van der Waals surface area contributed by atoms with Crippen LogP contribution < -0.4 is 37.6 Å². The molecule has 0 radical (unpaired) electrons. The Balaban J connectivity index is 1.70. The van der Waals surface area contributed by atoms with E-state index < -0.39 is 0 Å². The largest absolute Gasteiger partial charge is 0.338 e. The maximum Gasteiger partial charge on any atom is 0.232 e. The van der Waals surface area contributed by atoms with Gasteiger partial charge in [0, 0.05) is 62.9 Å². The Labute approximate surface area is 179 Å². The third-order valence-corrected chi connectivity index (χ3v) is 6.55. The van der Waals surface area contributed by atoms with E-state index in [2.05, 4.69) is 21.6 Å². The molecule has 3 fully saturated rings. The topological polar surface area (TPSA) is 152 Å². The summed E-state index contributed by atoms with van der Waals surface area (Å²) in [7, 11) is 0. The van der Waals surface area contributed by atoms with Crippen LogP contribution in [0.15, 0.2) is 0 Å². The van der Waals surface area contributed by atoms with Crippen molar-refractivity contribution < 1.29 is 0 Å². The van der Waals surface area contributed by atoms with Gasteiger partial charge in [-0.2, -0.15) is 15.0 Å². The van der Waals surface area contributed by atoms with Gasteiger partial charge in [-0.05, 0) is 38.5 Å². The summed E-state index contributed by atoms with van der Waals surface area (Å²) < 4.78 is 0. The number of hydrogen-bond acceptors (Lipinski definition) is 10. The first-order valence-electron chi connectivity index (χ1n) is 11.5. The Hall–Kier alpha value is -1.75. The SMILES string of the molecule is CCC1CCCCN1c1nc(N2CC(N)CC(N)C2)nc(N2CC(N)CC(N)C2)n1. The number of piperidine rings is 3.